The van der Waals surface area contributed by atoms with Gasteiger partial charge in [-0.2, -0.15) is 0 Å². The van der Waals surface area contributed by atoms with E-state index in [0.717, 1.165) is 37.2 Å². The van der Waals surface area contributed by atoms with Crippen LogP contribution in [0, 0.1) is 0 Å². The van der Waals surface area contributed by atoms with Gasteiger partial charge in [0.1, 0.15) is 6.54 Å². The minimum atomic E-state index is 0.269. The summed E-state index contributed by atoms with van der Waals surface area (Å²) in [7, 11) is 8.44. The van der Waals surface area contributed by atoms with E-state index in [2.05, 4.69) is 38.4 Å². The summed E-state index contributed by atoms with van der Waals surface area (Å²) in [6, 6.07) is 0. The lowest BCUT2D eigenvalue weighted by atomic mass is 10.4. The molecule has 0 spiro atoms. The molecule has 4 heteroatoms. The van der Waals surface area contributed by atoms with Crippen molar-refractivity contribution in [2.45, 2.75) is 0 Å². The number of hydrogen-bond donors (Lipinski definition) is 2. The van der Waals surface area contributed by atoms with Gasteiger partial charge in [-0.05, 0) is 14.1 Å². The first kappa shape index (κ1) is 13.8. The summed E-state index contributed by atoms with van der Waals surface area (Å²) >= 11 is 0. The van der Waals surface area contributed by atoms with Gasteiger partial charge in [0.2, 0.25) is 0 Å². The molecule has 0 aromatic carbocycles. The third-order valence-corrected chi connectivity index (χ3v) is 2.34. The van der Waals surface area contributed by atoms with Crippen molar-refractivity contribution in [2.75, 3.05) is 67.5 Å². The van der Waals surface area contributed by atoms with Crippen molar-refractivity contribution in [1.29, 1.82) is 0 Å². The summed E-state index contributed by atoms with van der Waals surface area (Å²) < 4.78 is 0.880. The molecule has 0 aliphatic heterocycles. The van der Waals surface area contributed by atoms with Gasteiger partial charge in [-0.3, -0.25) is 0 Å². The Hall–Kier alpha value is -0.160. The van der Waals surface area contributed by atoms with Crippen LogP contribution in [0.5, 0.6) is 0 Å². The monoisotopic (exact) mass is 204 g/mol. The average molecular weight is 204 g/mol. The minimum absolute atomic E-state index is 0.269. The van der Waals surface area contributed by atoms with Crippen LogP contribution in [-0.4, -0.2) is 82.0 Å². The molecule has 0 aromatic rings. The van der Waals surface area contributed by atoms with E-state index in [1.165, 1.54) is 0 Å². The number of likely N-dealkylation sites (N-methyl/N-ethyl adjacent to an activating group) is 2. The van der Waals surface area contributed by atoms with Gasteiger partial charge in [0.25, 0.3) is 0 Å². The summed E-state index contributed by atoms with van der Waals surface area (Å²) in [5.41, 5.74) is 0. The van der Waals surface area contributed by atoms with Crippen molar-refractivity contribution < 1.29 is 9.59 Å². The summed E-state index contributed by atoms with van der Waals surface area (Å²) in [5.74, 6) is 0. The van der Waals surface area contributed by atoms with Crippen LogP contribution in [0.3, 0.4) is 0 Å². The number of aliphatic hydroxyl groups is 1. The maximum atomic E-state index is 8.83. The third-order valence-electron chi connectivity index (χ3n) is 2.34. The molecule has 0 amide bonds. The quantitative estimate of drug-likeness (QED) is 0.402. The zero-order chi connectivity index (χ0) is 11.0. The van der Waals surface area contributed by atoms with Crippen LogP contribution >= 0.6 is 0 Å². The van der Waals surface area contributed by atoms with E-state index in [9.17, 15) is 0 Å². The van der Waals surface area contributed by atoms with Gasteiger partial charge < -0.3 is 19.8 Å². The molecular weight excluding hydrogens is 178 g/mol. The lowest BCUT2D eigenvalue weighted by Crippen LogP contribution is -2.46. The molecule has 0 rings (SSSR count). The summed E-state index contributed by atoms with van der Waals surface area (Å²) in [4.78, 5) is 2.17. The van der Waals surface area contributed by atoms with Crippen molar-refractivity contribution in [3.8, 4) is 0 Å². The molecule has 0 saturated heterocycles. The molecule has 0 atom stereocenters. The largest absolute Gasteiger partial charge is 0.391 e. The second-order valence-corrected chi connectivity index (χ2v) is 4.66. The Bertz CT molecular complexity index is 137. The van der Waals surface area contributed by atoms with E-state index in [1.54, 1.807) is 0 Å². The first-order valence-corrected chi connectivity index (χ1v) is 5.26. The first-order valence-electron chi connectivity index (χ1n) is 5.26. The minimum Gasteiger partial charge on any atom is -0.391 e. The zero-order valence-corrected chi connectivity index (χ0v) is 10.1. The highest BCUT2D eigenvalue weighted by Gasteiger charge is 2.12. The van der Waals surface area contributed by atoms with E-state index in [-0.39, 0.29) is 6.61 Å². The van der Waals surface area contributed by atoms with E-state index in [4.69, 9.17) is 5.11 Å². The van der Waals surface area contributed by atoms with Crippen LogP contribution in [0.15, 0.2) is 0 Å². The lowest BCUT2D eigenvalue weighted by molar-refractivity contribution is -0.889. The fraction of sp³-hybridized carbons (Fsp3) is 1.00. The molecule has 0 aromatic heterocycles. The highest BCUT2D eigenvalue weighted by Crippen LogP contribution is 1.93. The zero-order valence-electron chi connectivity index (χ0n) is 10.1. The van der Waals surface area contributed by atoms with Gasteiger partial charge in [-0.1, -0.05) is 0 Å². The second kappa shape index (κ2) is 7.17. The second-order valence-electron chi connectivity index (χ2n) is 4.66. The molecule has 0 fully saturated rings. The fourth-order valence-corrected chi connectivity index (χ4v) is 1.19. The maximum absolute atomic E-state index is 8.83. The number of nitrogens with zero attached hydrogens (tertiary/aromatic N) is 2. The highest BCUT2D eigenvalue weighted by molar-refractivity contribution is 4.50. The Morgan fingerprint density at radius 1 is 1.14 bits per heavy atom. The normalized spacial score (nSPS) is 12.4. The number of quaternary nitrogens is 1. The Kier molecular flexibility index (Phi) is 7.09. The Morgan fingerprint density at radius 2 is 1.79 bits per heavy atom. The van der Waals surface area contributed by atoms with Gasteiger partial charge in [-0.25, -0.2) is 0 Å². The maximum Gasteiger partial charge on any atom is 0.102 e. The van der Waals surface area contributed by atoms with E-state index in [0.29, 0.717) is 0 Å². The number of hydrogen-bond acceptors (Lipinski definition) is 3. The Morgan fingerprint density at radius 3 is 2.29 bits per heavy atom. The smallest absolute Gasteiger partial charge is 0.102 e. The first-order chi connectivity index (χ1) is 6.48. The van der Waals surface area contributed by atoms with Crippen molar-refractivity contribution in [3.05, 3.63) is 0 Å². The van der Waals surface area contributed by atoms with Gasteiger partial charge >= 0.3 is 0 Å². The standard InChI is InChI=1S/C10H26N3O/c1-12(2)7-5-11-6-8-13(3,4)9-10-14/h11,14H,5-10H2,1-4H3/q+1. The summed E-state index contributed by atoms with van der Waals surface area (Å²) in [6.07, 6.45) is 0. The van der Waals surface area contributed by atoms with Gasteiger partial charge in [-0.15, -0.1) is 0 Å². The molecule has 4 nitrogen and oxygen atoms in total. The molecule has 14 heavy (non-hydrogen) atoms. The van der Waals surface area contributed by atoms with Crippen molar-refractivity contribution in [3.63, 3.8) is 0 Å². The Labute approximate surface area is 88.1 Å². The summed E-state index contributed by atoms with van der Waals surface area (Å²) in [6.45, 7) is 5.29. The van der Waals surface area contributed by atoms with Crippen LogP contribution in [0.25, 0.3) is 0 Å². The fourth-order valence-electron chi connectivity index (χ4n) is 1.19. The molecule has 0 heterocycles. The SMILES string of the molecule is CN(C)CCNCC[N+](C)(C)CCO. The van der Waals surface area contributed by atoms with Gasteiger partial charge in [0, 0.05) is 19.6 Å². The van der Waals surface area contributed by atoms with E-state index < -0.39 is 0 Å². The summed E-state index contributed by atoms with van der Waals surface area (Å²) in [5, 5.41) is 12.2. The molecule has 2 N–H and O–H groups in total. The number of nitrogens with one attached hydrogen (secondary N) is 1. The third kappa shape index (κ3) is 8.44. The van der Waals surface area contributed by atoms with E-state index in [1.807, 2.05) is 0 Å². The molecule has 0 aliphatic carbocycles. The lowest BCUT2D eigenvalue weighted by Gasteiger charge is -2.29. The molecular formula is C10H26N3O+. The molecule has 0 radical (unpaired) electrons. The van der Waals surface area contributed by atoms with Crippen molar-refractivity contribution in [1.82, 2.24) is 10.2 Å². The van der Waals surface area contributed by atoms with Crippen molar-refractivity contribution >= 4 is 0 Å². The predicted molar refractivity (Wildman–Crippen MR) is 60.4 cm³/mol. The number of aliphatic hydroxyl groups excluding tert-OH is 1. The molecule has 0 bridgehead atoms. The highest BCUT2D eigenvalue weighted by atomic mass is 16.3. The molecule has 0 unspecified atom stereocenters. The van der Waals surface area contributed by atoms with Crippen LogP contribution in [-0.2, 0) is 0 Å². The van der Waals surface area contributed by atoms with Crippen LogP contribution < -0.4 is 5.32 Å². The molecule has 0 aliphatic rings. The average Bonchev–Trinajstić information content (AvgIpc) is 2.02. The predicted octanol–water partition coefficient (Wildman–Crippen LogP) is -0.794. The molecule has 86 valence electrons. The topological polar surface area (TPSA) is 35.5 Å². The van der Waals surface area contributed by atoms with E-state index >= 15 is 0 Å². The van der Waals surface area contributed by atoms with Crippen LogP contribution in [0.2, 0.25) is 0 Å². The Balaban J connectivity index is 3.34. The van der Waals surface area contributed by atoms with Gasteiger partial charge in [0.15, 0.2) is 0 Å². The molecule has 0 saturated carbocycles. The van der Waals surface area contributed by atoms with Crippen LogP contribution in [0.1, 0.15) is 0 Å². The van der Waals surface area contributed by atoms with Gasteiger partial charge in [0.05, 0.1) is 27.2 Å². The number of rotatable bonds is 8. The van der Waals surface area contributed by atoms with Crippen molar-refractivity contribution in [2.24, 2.45) is 0 Å². The van der Waals surface area contributed by atoms with Crippen LogP contribution in [0.4, 0.5) is 0 Å².